The molecule has 1 aromatic carbocycles. The van der Waals surface area contributed by atoms with E-state index in [1.54, 1.807) is 12.4 Å². The van der Waals surface area contributed by atoms with Crippen molar-refractivity contribution in [2.75, 3.05) is 37.6 Å². The van der Waals surface area contributed by atoms with Gasteiger partial charge in [-0.2, -0.15) is 0 Å². The molecule has 1 saturated heterocycles. The van der Waals surface area contributed by atoms with Gasteiger partial charge in [0.25, 0.3) is 0 Å². The number of nitrogens with one attached hydrogen (secondary N) is 1. The fraction of sp³-hybridized carbons (Fsp3) is 0.435. The second-order valence-electron chi connectivity index (χ2n) is 7.56. The number of piperazine rings is 1. The third kappa shape index (κ3) is 6.96. The van der Waals surface area contributed by atoms with E-state index in [-0.39, 0.29) is 12.5 Å². The highest BCUT2D eigenvalue weighted by molar-refractivity contribution is 5.86. The Bertz CT molecular complexity index is 810. The van der Waals surface area contributed by atoms with Crippen LogP contribution in [0, 0.1) is 0 Å². The Morgan fingerprint density at radius 3 is 2.42 bits per heavy atom. The van der Waals surface area contributed by atoms with Crippen LogP contribution in [0.25, 0.3) is 0 Å². The molecular formula is C23H31N5O3. The van der Waals surface area contributed by atoms with E-state index in [1.165, 1.54) is 0 Å². The number of nitrogens with two attached hydrogens (primary N) is 1. The number of rotatable bonds is 9. The van der Waals surface area contributed by atoms with Gasteiger partial charge in [0.15, 0.2) is 0 Å². The van der Waals surface area contributed by atoms with Gasteiger partial charge in [0.05, 0.1) is 0 Å². The molecule has 166 valence electrons. The largest absolute Gasteiger partial charge is 0.445 e. The molecule has 2 aromatic rings. The summed E-state index contributed by atoms with van der Waals surface area (Å²) in [7, 11) is 0. The predicted molar refractivity (Wildman–Crippen MR) is 119 cm³/mol. The Balaban J connectivity index is 1.53. The number of benzene rings is 1. The third-order valence-electron chi connectivity index (χ3n) is 5.37. The maximum Gasteiger partial charge on any atom is 0.408 e. The number of carbonyl (C=O) groups excluding carboxylic acids is 2. The molecule has 3 rings (SSSR count). The minimum absolute atomic E-state index is 0.0666. The standard InChI is InChI=1S/C23H31N5O3/c24-11-5-4-8-21(26-23(30)31-18-19-6-2-1-3-7-19)22(29)28-16-14-27(15-17-28)20-9-12-25-13-10-20/h1-3,6-7,9-10,12-13,21H,4-5,8,11,14-18,24H2,(H,26,30)/t21-/m0/s1. The van der Waals surface area contributed by atoms with Gasteiger partial charge in [0.2, 0.25) is 5.91 Å². The van der Waals surface area contributed by atoms with E-state index < -0.39 is 12.1 Å². The molecule has 1 aliphatic heterocycles. The molecule has 0 spiro atoms. The first-order chi connectivity index (χ1) is 15.2. The monoisotopic (exact) mass is 425 g/mol. The highest BCUT2D eigenvalue weighted by Crippen LogP contribution is 2.16. The lowest BCUT2D eigenvalue weighted by Gasteiger charge is -2.37. The SMILES string of the molecule is NCCCC[C@H](NC(=O)OCc1ccccc1)C(=O)N1CCN(c2ccncc2)CC1. The molecule has 3 N–H and O–H groups in total. The van der Waals surface area contributed by atoms with E-state index in [4.69, 9.17) is 10.5 Å². The van der Waals surface area contributed by atoms with Crippen molar-refractivity contribution in [3.05, 3.63) is 60.4 Å². The molecule has 1 aliphatic rings. The van der Waals surface area contributed by atoms with Gasteiger partial charge in [0.1, 0.15) is 12.6 Å². The minimum atomic E-state index is -0.609. The maximum atomic E-state index is 13.1. The van der Waals surface area contributed by atoms with Gasteiger partial charge in [-0.1, -0.05) is 30.3 Å². The summed E-state index contributed by atoms with van der Waals surface area (Å²) in [5.74, 6) is -0.0666. The second-order valence-corrected chi connectivity index (χ2v) is 7.56. The van der Waals surface area contributed by atoms with E-state index in [0.717, 1.165) is 37.2 Å². The zero-order valence-electron chi connectivity index (χ0n) is 17.8. The zero-order valence-corrected chi connectivity index (χ0v) is 17.8. The number of anilines is 1. The summed E-state index contributed by atoms with van der Waals surface area (Å²) in [6.07, 6.45) is 5.08. The summed E-state index contributed by atoms with van der Waals surface area (Å²) < 4.78 is 5.32. The fourth-order valence-electron chi connectivity index (χ4n) is 3.62. The first-order valence-corrected chi connectivity index (χ1v) is 10.8. The molecule has 0 bridgehead atoms. The number of amides is 2. The highest BCUT2D eigenvalue weighted by Gasteiger charge is 2.29. The predicted octanol–water partition coefficient (Wildman–Crippen LogP) is 2.15. The quantitative estimate of drug-likeness (QED) is 0.597. The summed E-state index contributed by atoms with van der Waals surface area (Å²) >= 11 is 0. The van der Waals surface area contributed by atoms with E-state index >= 15 is 0 Å². The molecule has 2 heterocycles. The molecule has 0 radical (unpaired) electrons. The molecule has 0 unspecified atom stereocenters. The number of aromatic nitrogens is 1. The summed E-state index contributed by atoms with van der Waals surface area (Å²) in [4.78, 5) is 33.6. The summed E-state index contributed by atoms with van der Waals surface area (Å²) in [5.41, 5.74) is 7.60. The number of ether oxygens (including phenoxy) is 1. The number of pyridine rings is 1. The molecule has 8 heteroatoms. The van der Waals surface area contributed by atoms with Crippen molar-refractivity contribution in [3.8, 4) is 0 Å². The van der Waals surface area contributed by atoms with Crippen LogP contribution in [-0.4, -0.2) is 60.6 Å². The smallest absolute Gasteiger partial charge is 0.408 e. The molecular weight excluding hydrogens is 394 g/mol. The minimum Gasteiger partial charge on any atom is -0.445 e. The van der Waals surface area contributed by atoms with Crippen LogP contribution in [0.4, 0.5) is 10.5 Å². The van der Waals surface area contributed by atoms with Crippen LogP contribution in [0.15, 0.2) is 54.9 Å². The van der Waals surface area contributed by atoms with Crippen LogP contribution in [0.2, 0.25) is 0 Å². The van der Waals surface area contributed by atoms with Crippen molar-refractivity contribution in [1.29, 1.82) is 0 Å². The number of nitrogens with zero attached hydrogens (tertiary/aromatic N) is 3. The summed E-state index contributed by atoms with van der Waals surface area (Å²) in [6.45, 7) is 3.42. The Labute approximate surface area is 183 Å². The van der Waals surface area contributed by atoms with Crippen LogP contribution < -0.4 is 16.0 Å². The molecule has 2 amide bonds. The van der Waals surface area contributed by atoms with Gasteiger partial charge in [-0.15, -0.1) is 0 Å². The van der Waals surface area contributed by atoms with E-state index in [2.05, 4.69) is 15.2 Å². The van der Waals surface area contributed by atoms with Gasteiger partial charge in [-0.3, -0.25) is 9.78 Å². The van der Waals surface area contributed by atoms with Gasteiger partial charge in [-0.05, 0) is 43.5 Å². The lowest BCUT2D eigenvalue weighted by molar-refractivity contribution is -0.133. The molecule has 0 saturated carbocycles. The average molecular weight is 426 g/mol. The van der Waals surface area contributed by atoms with E-state index in [1.807, 2.05) is 47.4 Å². The van der Waals surface area contributed by atoms with Gasteiger partial charge < -0.3 is 25.6 Å². The zero-order chi connectivity index (χ0) is 21.9. The molecule has 1 atom stereocenters. The van der Waals surface area contributed by atoms with E-state index in [9.17, 15) is 9.59 Å². The maximum absolute atomic E-state index is 13.1. The number of alkyl carbamates (subject to hydrolysis) is 1. The van der Waals surface area contributed by atoms with Crippen molar-refractivity contribution in [2.45, 2.75) is 31.9 Å². The number of unbranched alkanes of at least 4 members (excludes halogenated alkanes) is 1. The lowest BCUT2D eigenvalue weighted by atomic mass is 10.1. The van der Waals surface area contributed by atoms with Crippen LogP contribution in [0.5, 0.6) is 0 Å². The van der Waals surface area contributed by atoms with Gasteiger partial charge in [0, 0.05) is 44.3 Å². The second kappa shape index (κ2) is 11.9. The lowest BCUT2D eigenvalue weighted by Crippen LogP contribution is -2.55. The first-order valence-electron chi connectivity index (χ1n) is 10.8. The molecule has 8 nitrogen and oxygen atoms in total. The van der Waals surface area contributed by atoms with Crippen LogP contribution in [0.3, 0.4) is 0 Å². The topological polar surface area (TPSA) is 101 Å². The molecule has 0 aliphatic carbocycles. The van der Waals surface area contributed by atoms with Crippen LogP contribution in [-0.2, 0) is 16.1 Å². The average Bonchev–Trinajstić information content (AvgIpc) is 2.83. The molecule has 31 heavy (non-hydrogen) atoms. The van der Waals surface area contributed by atoms with Crippen LogP contribution >= 0.6 is 0 Å². The highest BCUT2D eigenvalue weighted by atomic mass is 16.5. The normalized spacial score (nSPS) is 14.7. The number of carbonyl (C=O) groups is 2. The Morgan fingerprint density at radius 2 is 1.74 bits per heavy atom. The van der Waals surface area contributed by atoms with Gasteiger partial charge >= 0.3 is 6.09 Å². The molecule has 1 fully saturated rings. The Morgan fingerprint density at radius 1 is 1.03 bits per heavy atom. The Hall–Kier alpha value is -3.13. The number of hydrogen-bond acceptors (Lipinski definition) is 6. The number of hydrogen-bond donors (Lipinski definition) is 2. The first kappa shape index (κ1) is 22.6. The summed E-state index contributed by atoms with van der Waals surface area (Å²) in [6, 6.07) is 12.8. The van der Waals surface area contributed by atoms with E-state index in [0.29, 0.717) is 26.1 Å². The van der Waals surface area contributed by atoms with Gasteiger partial charge in [-0.25, -0.2) is 4.79 Å². The van der Waals surface area contributed by atoms with Crippen molar-refractivity contribution < 1.29 is 14.3 Å². The van der Waals surface area contributed by atoms with Crippen molar-refractivity contribution in [1.82, 2.24) is 15.2 Å². The van der Waals surface area contributed by atoms with Crippen molar-refractivity contribution in [3.63, 3.8) is 0 Å². The fourth-order valence-corrected chi connectivity index (χ4v) is 3.62. The van der Waals surface area contributed by atoms with Crippen molar-refractivity contribution >= 4 is 17.7 Å². The Kier molecular flexibility index (Phi) is 8.66. The van der Waals surface area contributed by atoms with Crippen molar-refractivity contribution in [2.24, 2.45) is 5.73 Å². The molecule has 1 aromatic heterocycles. The third-order valence-corrected chi connectivity index (χ3v) is 5.37. The van der Waals surface area contributed by atoms with Crippen LogP contribution in [0.1, 0.15) is 24.8 Å². The summed E-state index contributed by atoms with van der Waals surface area (Å²) in [5, 5.41) is 2.77.